The fourth-order valence-electron chi connectivity index (χ4n) is 3.01. The van der Waals surface area contributed by atoms with Crippen molar-refractivity contribution in [1.29, 1.82) is 0 Å². The molecular weight excluding hydrogens is 318 g/mol. The Balaban J connectivity index is 1.89. The summed E-state index contributed by atoms with van der Waals surface area (Å²) < 4.78 is 1.58. The molecule has 0 aliphatic carbocycles. The number of H-pyrrole nitrogens is 1. The molecule has 0 aliphatic heterocycles. The molecule has 0 unspecified atom stereocenters. The van der Waals surface area contributed by atoms with Crippen LogP contribution in [0.5, 0.6) is 0 Å². The summed E-state index contributed by atoms with van der Waals surface area (Å²) in [5.41, 5.74) is 4.32. The molecule has 0 saturated heterocycles. The minimum absolute atomic E-state index is 0.0653. The number of rotatable bonds is 4. The van der Waals surface area contributed by atoms with Crippen molar-refractivity contribution in [2.45, 2.75) is 26.8 Å². The molecular formula is C17H21N7O. The Hall–Kier alpha value is -3.03. The Kier molecular flexibility index (Phi) is 4.35. The van der Waals surface area contributed by atoms with Gasteiger partial charge in [0.15, 0.2) is 5.82 Å². The van der Waals surface area contributed by atoms with Crippen molar-refractivity contribution in [2.24, 2.45) is 7.05 Å². The zero-order valence-electron chi connectivity index (χ0n) is 15.0. The molecule has 1 aromatic carbocycles. The molecule has 1 amide bonds. The number of aryl methyl sites for hydroxylation is 3. The largest absolute Gasteiger partial charge is 0.335 e. The van der Waals surface area contributed by atoms with Crippen LogP contribution in [0.4, 0.5) is 0 Å². The van der Waals surface area contributed by atoms with Crippen LogP contribution in [0.2, 0.25) is 0 Å². The van der Waals surface area contributed by atoms with Crippen LogP contribution in [0.25, 0.3) is 11.4 Å². The van der Waals surface area contributed by atoms with E-state index in [1.807, 2.05) is 39.0 Å². The van der Waals surface area contributed by atoms with E-state index in [1.54, 1.807) is 29.7 Å². The van der Waals surface area contributed by atoms with Crippen molar-refractivity contribution in [3.8, 4) is 11.4 Å². The van der Waals surface area contributed by atoms with Gasteiger partial charge in [-0.15, -0.1) is 5.10 Å². The number of hydrogen-bond acceptors (Lipinski definition) is 5. The molecule has 0 bridgehead atoms. The van der Waals surface area contributed by atoms with Gasteiger partial charge >= 0.3 is 0 Å². The number of benzene rings is 1. The minimum atomic E-state index is -0.0913. The van der Waals surface area contributed by atoms with E-state index in [4.69, 9.17) is 0 Å². The maximum atomic E-state index is 12.9. The van der Waals surface area contributed by atoms with Gasteiger partial charge in [0.05, 0.1) is 11.7 Å². The molecule has 0 fully saturated rings. The average molecular weight is 339 g/mol. The van der Waals surface area contributed by atoms with Crippen LogP contribution in [0.15, 0.2) is 24.3 Å². The first-order valence-electron chi connectivity index (χ1n) is 8.01. The zero-order valence-corrected chi connectivity index (χ0v) is 15.0. The summed E-state index contributed by atoms with van der Waals surface area (Å²) in [7, 11) is 3.57. The van der Waals surface area contributed by atoms with Crippen molar-refractivity contribution < 1.29 is 4.79 Å². The monoisotopic (exact) mass is 339 g/mol. The highest BCUT2D eigenvalue weighted by atomic mass is 16.2. The molecule has 130 valence electrons. The summed E-state index contributed by atoms with van der Waals surface area (Å²) in [5, 5.41) is 18.7. The van der Waals surface area contributed by atoms with Crippen molar-refractivity contribution >= 4 is 5.91 Å². The van der Waals surface area contributed by atoms with Gasteiger partial charge in [0.25, 0.3) is 5.91 Å². The number of carbonyl (C=O) groups is 1. The highest BCUT2D eigenvalue weighted by Crippen LogP contribution is 2.26. The van der Waals surface area contributed by atoms with Crippen LogP contribution in [-0.2, 0) is 7.05 Å². The molecule has 0 aliphatic rings. The Bertz CT molecular complexity index is 892. The first-order valence-corrected chi connectivity index (χ1v) is 8.01. The molecule has 0 radical (unpaired) electrons. The summed E-state index contributed by atoms with van der Waals surface area (Å²) in [6, 6.07) is 7.24. The van der Waals surface area contributed by atoms with E-state index >= 15 is 0 Å². The number of aromatic nitrogens is 6. The molecule has 2 heterocycles. The minimum Gasteiger partial charge on any atom is -0.335 e. The van der Waals surface area contributed by atoms with Crippen LogP contribution in [0.1, 0.15) is 40.3 Å². The topological polar surface area (TPSA) is 92.6 Å². The number of tetrazole rings is 1. The first-order chi connectivity index (χ1) is 11.9. The predicted octanol–water partition coefficient (Wildman–Crippen LogP) is 2.05. The number of amides is 1. The van der Waals surface area contributed by atoms with Crippen LogP contribution < -0.4 is 0 Å². The average Bonchev–Trinajstić information content (AvgIpc) is 3.18. The quantitative estimate of drug-likeness (QED) is 0.785. The summed E-state index contributed by atoms with van der Waals surface area (Å²) in [6.07, 6.45) is 0. The van der Waals surface area contributed by atoms with E-state index in [0.29, 0.717) is 11.4 Å². The third-order valence-corrected chi connectivity index (χ3v) is 4.49. The maximum absolute atomic E-state index is 12.9. The zero-order chi connectivity index (χ0) is 18.1. The fraction of sp³-hybridized carbons (Fsp3) is 0.353. The van der Waals surface area contributed by atoms with Gasteiger partial charge in [-0.2, -0.15) is 5.10 Å². The van der Waals surface area contributed by atoms with Gasteiger partial charge in [-0.1, -0.05) is 12.1 Å². The smallest absolute Gasteiger partial charge is 0.254 e. The lowest BCUT2D eigenvalue weighted by molar-refractivity contribution is 0.0742. The van der Waals surface area contributed by atoms with Gasteiger partial charge in [0.1, 0.15) is 0 Å². The number of hydrogen-bond donors (Lipinski definition) is 1. The van der Waals surface area contributed by atoms with Crippen LogP contribution >= 0.6 is 0 Å². The molecule has 2 aromatic heterocycles. The molecule has 8 nitrogen and oxygen atoms in total. The normalized spacial score (nSPS) is 12.2. The van der Waals surface area contributed by atoms with Crippen LogP contribution in [-0.4, -0.2) is 48.3 Å². The van der Waals surface area contributed by atoms with Crippen LogP contribution in [0, 0.1) is 13.8 Å². The van der Waals surface area contributed by atoms with Gasteiger partial charge in [-0.3, -0.25) is 9.89 Å². The Morgan fingerprint density at radius 3 is 2.68 bits per heavy atom. The highest BCUT2D eigenvalue weighted by Gasteiger charge is 2.23. The standard InChI is InChI=1S/C17H21N7O/c1-10-15(11(2)19-18-10)12(3)23(4)17(25)14-8-6-7-13(9-14)16-20-21-22-24(16)5/h6-9,12H,1-5H3,(H,18,19)/t12-/m1/s1. The Morgan fingerprint density at radius 2 is 2.08 bits per heavy atom. The predicted molar refractivity (Wildman–Crippen MR) is 92.8 cm³/mol. The number of aromatic amines is 1. The van der Waals surface area contributed by atoms with Gasteiger partial charge in [-0.05, 0) is 43.3 Å². The van der Waals surface area contributed by atoms with Gasteiger partial charge in [0.2, 0.25) is 0 Å². The number of nitrogens with one attached hydrogen (secondary N) is 1. The second-order valence-corrected chi connectivity index (χ2v) is 6.15. The molecule has 3 rings (SSSR count). The van der Waals surface area contributed by atoms with E-state index in [9.17, 15) is 4.79 Å². The maximum Gasteiger partial charge on any atom is 0.254 e. The fourth-order valence-corrected chi connectivity index (χ4v) is 3.01. The summed E-state index contributed by atoms with van der Waals surface area (Å²) in [6.45, 7) is 5.90. The highest BCUT2D eigenvalue weighted by molar-refractivity contribution is 5.95. The number of nitrogens with zero attached hydrogens (tertiary/aromatic N) is 6. The second-order valence-electron chi connectivity index (χ2n) is 6.15. The summed E-state index contributed by atoms with van der Waals surface area (Å²) >= 11 is 0. The van der Waals surface area contributed by atoms with E-state index in [0.717, 1.165) is 22.5 Å². The van der Waals surface area contributed by atoms with E-state index in [2.05, 4.69) is 25.7 Å². The van der Waals surface area contributed by atoms with E-state index < -0.39 is 0 Å². The third-order valence-electron chi connectivity index (χ3n) is 4.49. The third kappa shape index (κ3) is 3.02. The molecule has 3 aromatic rings. The van der Waals surface area contributed by atoms with Gasteiger partial charge in [0, 0.05) is 36.5 Å². The first kappa shape index (κ1) is 16.8. The van der Waals surface area contributed by atoms with Crippen molar-refractivity contribution in [3.05, 3.63) is 46.8 Å². The second kappa shape index (κ2) is 6.46. The van der Waals surface area contributed by atoms with Crippen molar-refractivity contribution in [3.63, 3.8) is 0 Å². The number of carbonyl (C=O) groups excluding carboxylic acids is 1. The molecule has 25 heavy (non-hydrogen) atoms. The molecule has 1 N–H and O–H groups in total. The lowest BCUT2D eigenvalue weighted by Gasteiger charge is -2.25. The molecule has 0 spiro atoms. The molecule has 8 heteroatoms. The Morgan fingerprint density at radius 1 is 1.32 bits per heavy atom. The lowest BCUT2D eigenvalue weighted by atomic mass is 10.0. The summed E-state index contributed by atoms with van der Waals surface area (Å²) in [4.78, 5) is 14.7. The van der Waals surface area contributed by atoms with Crippen LogP contribution in [0.3, 0.4) is 0 Å². The van der Waals surface area contributed by atoms with E-state index in [1.165, 1.54) is 0 Å². The molecule has 0 saturated carbocycles. The SMILES string of the molecule is Cc1n[nH]c(C)c1[C@@H](C)N(C)C(=O)c1cccc(-c2nnnn2C)c1. The Labute approximate surface area is 145 Å². The summed E-state index contributed by atoms with van der Waals surface area (Å²) in [5.74, 6) is 0.552. The van der Waals surface area contributed by atoms with Gasteiger partial charge < -0.3 is 4.90 Å². The van der Waals surface area contributed by atoms with Gasteiger partial charge in [-0.25, -0.2) is 4.68 Å². The van der Waals surface area contributed by atoms with Crippen molar-refractivity contribution in [1.82, 2.24) is 35.3 Å². The molecule has 1 atom stereocenters. The van der Waals surface area contributed by atoms with Crippen molar-refractivity contribution in [2.75, 3.05) is 7.05 Å². The van der Waals surface area contributed by atoms with E-state index in [-0.39, 0.29) is 11.9 Å². The lowest BCUT2D eigenvalue weighted by Crippen LogP contribution is -2.30.